The Hall–Kier alpha value is -2.89. The van der Waals surface area contributed by atoms with Gasteiger partial charge in [-0.15, -0.1) is 0 Å². The van der Waals surface area contributed by atoms with Crippen molar-refractivity contribution in [3.8, 4) is 22.3 Å². The molecule has 4 rings (SSSR count). The SMILES string of the molecule is CCCC(C)(C)c1cc(-c2cc(Nc3cc([Si](C)(C)C)cc([Si](C)(C)C)c3)cc(-c3cc(C(C)(C)C)cc(C(C)(C)C)c3)c2)cc(C(C)(C)C)c1. The number of hydrogen-bond donors (Lipinski definition) is 1. The summed E-state index contributed by atoms with van der Waals surface area (Å²) in [5.74, 6) is 0. The van der Waals surface area contributed by atoms with Gasteiger partial charge < -0.3 is 5.32 Å². The first-order valence-electron chi connectivity index (χ1n) is 19.5. The van der Waals surface area contributed by atoms with E-state index in [2.05, 4.69) is 200 Å². The lowest BCUT2D eigenvalue weighted by Crippen LogP contribution is -2.45. The van der Waals surface area contributed by atoms with Gasteiger partial charge in [0, 0.05) is 11.4 Å². The first-order chi connectivity index (χ1) is 23.1. The van der Waals surface area contributed by atoms with Gasteiger partial charge in [-0.2, -0.15) is 0 Å². The van der Waals surface area contributed by atoms with Gasteiger partial charge in [0.2, 0.25) is 0 Å². The summed E-state index contributed by atoms with van der Waals surface area (Å²) in [6, 6.07) is 29.4. The third-order valence-electron chi connectivity index (χ3n) is 10.7. The summed E-state index contributed by atoms with van der Waals surface area (Å²) in [7, 11) is -3.08. The predicted molar refractivity (Wildman–Crippen MR) is 237 cm³/mol. The van der Waals surface area contributed by atoms with Gasteiger partial charge in [-0.05, 0) is 103 Å². The highest BCUT2D eigenvalue weighted by Crippen LogP contribution is 2.40. The molecule has 0 fully saturated rings. The lowest BCUT2D eigenvalue weighted by Gasteiger charge is -2.29. The van der Waals surface area contributed by atoms with Crippen LogP contribution in [0.25, 0.3) is 22.3 Å². The average molecular weight is 718 g/mol. The summed E-state index contributed by atoms with van der Waals surface area (Å²) in [5.41, 5.74) is 13.3. The van der Waals surface area contributed by atoms with Crippen LogP contribution in [0.15, 0.2) is 72.8 Å². The quantitative estimate of drug-likeness (QED) is 0.170. The van der Waals surface area contributed by atoms with Crippen molar-refractivity contribution in [3.05, 3.63) is 95.1 Å². The molecule has 0 spiro atoms. The van der Waals surface area contributed by atoms with Gasteiger partial charge in [0.15, 0.2) is 0 Å². The maximum atomic E-state index is 3.99. The molecule has 1 nitrogen and oxygen atoms in total. The van der Waals surface area contributed by atoms with Gasteiger partial charge in [0.1, 0.15) is 0 Å². The van der Waals surface area contributed by atoms with Gasteiger partial charge in [-0.1, -0.05) is 182 Å². The molecule has 0 amide bonds. The first kappa shape index (κ1) is 40.9. The second kappa shape index (κ2) is 14.2. The lowest BCUT2D eigenvalue weighted by atomic mass is 9.76. The van der Waals surface area contributed by atoms with Crippen LogP contribution >= 0.6 is 0 Å². The van der Waals surface area contributed by atoms with Crippen molar-refractivity contribution in [1.29, 1.82) is 0 Å². The van der Waals surface area contributed by atoms with Crippen LogP contribution in [0.5, 0.6) is 0 Å². The summed E-state index contributed by atoms with van der Waals surface area (Å²) in [6.07, 6.45) is 2.33. The van der Waals surface area contributed by atoms with E-state index in [0.717, 1.165) is 12.1 Å². The summed E-state index contributed by atoms with van der Waals surface area (Å²) in [4.78, 5) is 0. The molecule has 3 heteroatoms. The van der Waals surface area contributed by atoms with Crippen molar-refractivity contribution < 1.29 is 0 Å². The highest BCUT2D eigenvalue weighted by Gasteiger charge is 2.26. The van der Waals surface area contributed by atoms with Gasteiger partial charge >= 0.3 is 0 Å². The Morgan fingerprint density at radius 1 is 0.412 bits per heavy atom. The zero-order chi connectivity index (χ0) is 38.5. The summed E-state index contributed by atoms with van der Waals surface area (Å²) in [6.45, 7) is 43.0. The number of rotatable bonds is 9. The molecule has 0 unspecified atom stereocenters. The highest BCUT2D eigenvalue weighted by molar-refractivity contribution is 6.91. The van der Waals surface area contributed by atoms with E-state index < -0.39 is 16.1 Å². The van der Waals surface area contributed by atoms with Crippen molar-refractivity contribution in [2.45, 2.75) is 157 Å². The number of hydrogen-bond acceptors (Lipinski definition) is 1. The minimum absolute atomic E-state index is 0.0406. The molecule has 1 N–H and O–H groups in total. The third kappa shape index (κ3) is 10.2. The molecule has 0 aliphatic heterocycles. The fourth-order valence-electron chi connectivity index (χ4n) is 6.81. The van der Waals surface area contributed by atoms with E-state index in [4.69, 9.17) is 0 Å². The molecule has 276 valence electrons. The Balaban J connectivity index is 2.07. The van der Waals surface area contributed by atoms with E-state index >= 15 is 0 Å². The predicted octanol–water partition coefficient (Wildman–Crippen LogP) is 13.8. The molecule has 0 heterocycles. The zero-order valence-corrected chi connectivity index (χ0v) is 37.8. The highest BCUT2D eigenvalue weighted by atomic mass is 28.3. The molecular weight excluding hydrogens is 647 g/mol. The number of nitrogens with one attached hydrogen (secondary N) is 1. The maximum absolute atomic E-state index is 3.99. The smallest absolute Gasteiger partial charge is 0.0776 e. The second-order valence-electron chi connectivity index (χ2n) is 21.2. The monoisotopic (exact) mass is 718 g/mol. The van der Waals surface area contributed by atoms with E-state index in [1.165, 1.54) is 67.0 Å². The van der Waals surface area contributed by atoms with Crippen molar-refractivity contribution in [2.24, 2.45) is 0 Å². The molecule has 0 aromatic heterocycles. The Bertz CT molecular complexity index is 1790. The molecule has 51 heavy (non-hydrogen) atoms. The van der Waals surface area contributed by atoms with Crippen LogP contribution in [0.3, 0.4) is 0 Å². The molecule has 0 aliphatic carbocycles. The Labute approximate surface area is 316 Å². The molecule has 4 aromatic rings. The molecular formula is C48H71NSi2. The summed E-state index contributed by atoms with van der Waals surface area (Å²) < 4.78 is 0. The normalized spacial score (nSPS) is 13.5. The fraction of sp³-hybridized carbons (Fsp3) is 0.500. The van der Waals surface area contributed by atoms with Crippen LogP contribution in [0.4, 0.5) is 11.4 Å². The van der Waals surface area contributed by atoms with E-state index in [1.54, 1.807) is 0 Å². The van der Waals surface area contributed by atoms with Crippen LogP contribution in [-0.2, 0) is 21.7 Å². The lowest BCUT2D eigenvalue weighted by molar-refractivity contribution is 0.471. The zero-order valence-electron chi connectivity index (χ0n) is 35.8. The molecule has 0 saturated heterocycles. The molecule has 0 saturated carbocycles. The van der Waals surface area contributed by atoms with Crippen LogP contribution in [0.2, 0.25) is 39.3 Å². The van der Waals surface area contributed by atoms with Gasteiger partial charge in [-0.3, -0.25) is 0 Å². The summed E-state index contributed by atoms with van der Waals surface area (Å²) in [5, 5.41) is 7.04. The molecule has 0 radical (unpaired) electrons. The van der Waals surface area contributed by atoms with E-state index in [9.17, 15) is 0 Å². The number of anilines is 2. The average Bonchev–Trinajstić information content (AvgIpc) is 2.98. The van der Waals surface area contributed by atoms with E-state index in [0.29, 0.717) is 0 Å². The van der Waals surface area contributed by atoms with Crippen LogP contribution < -0.4 is 15.7 Å². The molecule has 0 bridgehead atoms. The van der Waals surface area contributed by atoms with Crippen molar-refractivity contribution in [1.82, 2.24) is 0 Å². The van der Waals surface area contributed by atoms with Crippen molar-refractivity contribution in [2.75, 3.05) is 5.32 Å². The topological polar surface area (TPSA) is 12.0 Å². The maximum Gasteiger partial charge on any atom is 0.0776 e. The Morgan fingerprint density at radius 2 is 0.745 bits per heavy atom. The van der Waals surface area contributed by atoms with E-state index in [-0.39, 0.29) is 21.7 Å². The summed E-state index contributed by atoms with van der Waals surface area (Å²) >= 11 is 0. The third-order valence-corrected chi connectivity index (χ3v) is 14.7. The van der Waals surface area contributed by atoms with Crippen molar-refractivity contribution >= 4 is 37.9 Å². The van der Waals surface area contributed by atoms with E-state index in [1.807, 2.05) is 0 Å². The number of benzene rings is 4. The van der Waals surface area contributed by atoms with Gasteiger partial charge in [0.25, 0.3) is 0 Å². The molecule has 0 atom stereocenters. The van der Waals surface area contributed by atoms with Crippen LogP contribution in [0, 0.1) is 0 Å². The van der Waals surface area contributed by atoms with Gasteiger partial charge in [-0.25, -0.2) is 0 Å². The van der Waals surface area contributed by atoms with Crippen LogP contribution in [-0.4, -0.2) is 16.1 Å². The molecule has 4 aromatic carbocycles. The standard InChI is InChI=1S/C48H71NSi2/c1-19-20-48(11,12)40-25-36(24-39(29-40)47(8,9)10)34-21-33(35-22-37(45(2,3)4)28-38(23-35)46(5,6)7)26-41(27-34)49-42-30-43(50(13,14)15)32-44(31-42)51(16,17)18/h21-32,49H,19-20H2,1-18H3. The Kier molecular flexibility index (Phi) is 11.3. The second-order valence-corrected chi connectivity index (χ2v) is 31.4. The van der Waals surface area contributed by atoms with Crippen molar-refractivity contribution in [3.63, 3.8) is 0 Å². The largest absolute Gasteiger partial charge is 0.355 e. The minimum atomic E-state index is -1.54. The Morgan fingerprint density at radius 3 is 1.10 bits per heavy atom. The van der Waals surface area contributed by atoms with Gasteiger partial charge in [0.05, 0.1) is 16.1 Å². The fourth-order valence-corrected chi connectivity index (χ4v) is 9.31. The minimum Gasteiger partial charge on any atom is -0.355 e. The van der Waals surface area contributed by atoms with Crippen LogP contribution in [0.1, 0.15) is 118 Å². The molecule has 0 aliphatic rings. The first-order valence-corrected chi connectivity index (χ1v) is 26.5.